The topological polar surface area (TPSA) is 38.1 Å². The van der Waals surface area contributed by atoms with Crippen LogP contribution in [0.2, 0.25) is 0 Å². The molecular weight excluding hydrogens is 320 g/mol. The normalized spacial score (nSPS) is 14.9. The summed E-state index contributed by atoms with van der Waals surface area (Å²) >= 11 is 0. The maximum atomic E-state index is 5.78. The van der Waals surface area contributed by atoms with Gasteiger partial charge in [0.25, 0.3) is 0 Å². The molecule has 1 aliphatic rings. The van der Waals surface area contributed by atoms with Crippen molar-refractivity contribution in [3.8, 4) is 0 Å². The van der Waals surface area contributed by atoms with Crippen molar-refractivity contribution in [3.63, 3.8) is 0 Å². The van der Waals surface area contributed by atoms with Gasteiger partial charge in [0.1, 0.15) is 0 Å². The summed E-state index contributed by atoms with van der Waals surface area (Å²) in [4.78, 5) is 0. The van der Waals surface area contributed by atoms with Crippen molar-refractivity contribution in [1.29, 1.82) is 0 Å². The van der Waals surface area contributed by atoms with Crippen LogP contribution in [0.4, 0.5) is 0 Å². The van der Waals surface area contributed by atoms with Crippen molar-refractivity contribution in [2.75, 3.05) is 0 Å². The highest BCUT2D eigenvalue weighted by Gasteiger charge is 2.22. The predicted molar refractivity (Wildman–Crippen MR) is 107 cm³/mol. The van der Waals surface area contributed by atoms with Gasteiger partial charge in [-0.1, -0.05) is 63.2 Å². The molecule has 0 saturated heterocycles. The number of nitrogens with zero attached hydrogens (tertiary/aromatic N) is 1. The lowest BCUT2D eigenvalue weighted by Gasteiger charge is -2.20. The van der Waals surface area contributed by atoms with Crippen LogP contribution >= 0.6 is 0 Å². The smallest absolute Gasteiger partial charge is 0.170 e. The van der Waals surface area contributed by atoms with E-state index in [-0.39, 0.29) is 5.41 Å². The summed E-state index contributed by atoms with van der Waals surface area (Å²) < 4.78 is 5.78. The lowest BCUT2D eigenvalue weighted by molar-refractivity contribution is 0.434. The largest absolute Gasteiger partial charge is 0.387 e. The Labute approximate surface area is 155 Å². The van der Waals surface area contributed by atoms with Gasteiger partial charge in [-0.05, 0) is 46.4 Å². The lowest BCUT2D eigenvalue weighted by atomic mass is 9.85. The van der Waals surface area contributed by atoms with E-state index in [1.807, 2.05) is 6.20 Å². The van der Waals surface area contributed by atoms with Crippen LogP contribution in [-0.2, 0) is 18.4 Å². The first-order valence-electron chi connectivity index (χ1n) is 9.34. The van der Waals surface area contributed by atoms with Gasteiger partial charge in [-0.3, -0.25) is 0 Å². The van der Waals surface area contributed by atoms with Crippen LogP contribution in [-0.4, -0.2) is 5.16 Å². The molecular formula is C23H26N2O. The van der Waals surface area contributed by atoms with Gasteiger partial charge in [0.15, 0.2) is 5.58 Å². The Balaban J connectivity index is 1.70. The minimum absolute atomic E-state index is 0.0399. The van der Waals surface area contributed by atoms with Gasteiger partial charge in [0.2, 0.25) is 0 Å². The number of nitrogens with one attached hydrogen (secondary N) is 1. The Bertz CT molecular complexity index is 976. The van der Waals surface area contributed by atoms with Crippen LogP contribution in [0.15, 0.2) is 47.1 Å². The van der Waals surface area contributed by atoms with Crippen molar-refractivity contribution in [2.45, 2.75) is 52.0 Å². The molecule has 1 N–H and O–H groups in total. The number of para-hydroxylation sites is 1. The SMILES string of the molecule is CC(Cc1noc2c(C(C)(C)C)cccc12)c1cccc2c1C=CNC2. The van der Waals surface area contributed by atoms with Crippen molar-refractivity contribution in [3.05, 3.63) is 70.5 Å². The van der Waals surface area contributed by atoms with Crippen LogP contribution < -0.4 is 5.32 Å². The number of hydrogen-bond donors (Lipinski definition) is 1. The van der Waals surface area contributed by atoms with Crippen molar-refractivity contribution in [1.82, 2.24) is 10.5 Å². The van der Waals surface area contributed by atoms with Crippen LogP contribution in [0.1, 0.15) is 61.6 Å². The summed E-state index contributed by atoms with van der Waals surface area (Å²) in [7, 11) is 0. The molecule has 0 aliphatic carbocycles. The molecule has 0 fully saturated rings. The molecule has 134 valence electrons. The summed E-state index contributed by atoms with van der Waals surface area (Å²) in [6, 6.07) is 13.0. The number of aromatic nitrogens is 1. The fourth-order valence-electron chi connectivity index (χ4n) is 3.88. The predicted octanol–water partition coefficient (Wildman–Crippen LogP) is 5.55. The Hall–Kier alpha value is -2.55. The van der Waals surface area contributed by atoms with Crippen LogP contribution in [0.5, 0.6) is 0 Å². The zero-order chi connectivity index (χ0) is 18.3. The van der Waals surface area contributed by atoms with Gasteiger partial charge in [0, 0.05) is 23.9 Å². The maximum Gasteiger partial charge on any atom is 0.170 e. The zero-order valence-electron chi connectivity index (χ0n) is 16.0. The van der Waals surface area contributed by atoms with Gasteiger partial charge in [-0.2, -0.15) is 0 Å². The quantitative estimate of drug-likeness (QED) is 0.676. The summed E-state index contributed by atoms with van der Waals surface area (Å²) in [5.74, 6) is 0.374. The second-order valence-corrected chi connectivity index (χ2v) is 8.30. The number of rotatable bonds is 3. The van der Waals surface area contributed by atoms with E-state index in [0.717, 1.165) is 29.6 Å². The third-order valence-corrected chi connectivity index (χ3v) is 5.30. The molecule has 2 heterocycles. The van der Waals surface area contributed by atoms with Crippen molar-refractivity contribution >= 4 is 17.0 Å². The molecule has 1 atom stereocenters. The molecule has 0 spiro atoms. The Kier molecular flexibility index (Phi) is 4.10. The van der Waals surface area contributed by atoms with Gasteiger partial charge in [0.05, 0.1) is 5.69 Å². The van der Waals surface area contributed by atoms with E-state index in [2.05, 4.69) is 80.6 Å². The molecule has 26 heavy (non-hydrogen) atoms. The zero-order valence-corrected chi connectivity index (χ0v) is 16.0. The van der Waals surface area contributed by atoms with E-state index in [1.165, 1.54) is 22.3 Å². The monoisotopic (exact) mass is 346 g/mol. The standard InChI is InChI=1S/C23H26N2O/c1-15(17-8-5-7-16-14-24-12-11-18(16)17)13-21-19-9-6-10-20(23(2,3)4)22(19)26-25-21/h5-12,15,24H,13-14H2,1-4H3. The van der Waals surface area contributed by atoms with Crippen LogP contribution in [0, 0.1) is 0 Å². The second kappa shape index (κ2) is 6.31. The highest BCUT2D eigenvalue weighted by Crippen LogP contribution is 2.34. The highest BCUT2D eigenvalue weighted by atomic mass is 16.5. The first-order chi connectivity index (χ1) is 12.4. The Morgan fingerprint density at radius 2 is 1.96 bits per heavy atom. The average Bonchev–Trinajstić information content (AvgIpc) is 3.03. The Morgan fingerprint density at radius 1 is 1.15 bits per heavy atom. The van der Waals surface area contributed by atoms with Gasteiger partial charge >= 0.3 is 0 Å². The van der Waals surface area contributed by atoms with Crippen molar-refractivity contribution in [2.24, 2.45) is 0 Å². The molecule has 0 saturated carbocycles. The second-order valence-electron chi connectivity index (χ2n) is 8.30. The fraction of sp³-hybridized carbons (Fsp3) is 0.348. The fourth-order valence-corrected chi connectivity index (χ4v) is 3.88. The molecule has 1 unspecified atom stereocenters. The minimum Gasteiger partial charge on any atom is -0.387 e. The molecule has 4 rings (SSSR count). The summed E-state index contributed by atoms with van der Waals surface area (Å²) in [6.45, 7) is 9.81. The molecule has 3 heteroatoms. The molecule has 3 aromatic rings. The third-order valence-electron chi connectivity index (χ3n) is 5.30. The summed E-state index contributed by atoms with van der Waals surface area (Å²) in [5, 5.41) is 8.88. The van der Waals surface area contributed by atoms with Crippen LogP contribution in [0.3, 0.4) is 0 Å². The van der Waals surface area contributed by atoms with E-state index in [4.69, 9.17) is 4.52 Å². The molecule has 2 aromatic carbocycles. The Morgan fingerprint density at radius 3 is 2.77 bits per heavy atom. The third kappa shape index (κ3) is 2.92. The number of hydrogen-bond acceptors (Lipinski definition) is 3. The molecule has 1 aliphatic heterocycles. The molecule has 0 amide bonds. The molecule has 1 aromatic heterocycles. The van der Waals surface area contributed by atoms with Crippen molar-refractivity contribution < 1.29 is 4.52 Å². The van der Waals surface area contributed by atoms with Gasteiger partial charge in [-0.15, -0.1) is 0 Å². The first kappa shape index (κ1) is 16.9. The van der Waals surface area contributed by atoms with E-state index in [0.29, 0.717) is 5.92 Å². The molecule has 3 nitrogen and oxygen atoms in total. The van der Waals surface area contributed by atoms with E-state index >= 15 is 0 Å². The highest BCUT2D eigenvalue weighted by molar-refractivity contribution is 5.83. The molecule has 0 radical (unpaired) electrons. The number of fused-ring (bicyclic) bond motifs is 2. The maximum absolute atomic E-state index is 5.78. The minimum atomic E-state index is 0.0399. The summed E-state index contributed by atoms with van der Waals surface area (Å²) in [6.07, 6.45) is 5.10. The summed E-state index contributed by atoms with van der Waals surface area (Å²) in [5.41, 5.74) is 7.32. The first-order valence-corrected chi connectivity index (χ1v) is 9.34. The van der Waals surface area contributed by atoms with E-state index in [1.54, 1.807) is 0 Å². The molecule has 0 bridgehead atoms. The lowest BCUT2D eigenvalue weighted by Crippen LogP contribution is -2.13. The van der Waals surface area contributed by atoms with Gasteiger partial charge in [-0.25, -0.2) is 0 Å². The van der Waals surface area contributed by atoms with E-state index < -0.39 is 0 Å². The van der Waals surface area contributed by atoms with Crippen LogP contribution in [0.25, 0.3) is 17.0 Å². The number of benzene rings is 2. The van der Waals surface area contributed by atoms with E-state index in [9.17, 15) is 0 Å². The average molecular weight is 346 g/mol. The van der Waals surface area contributed by atoms with Gasteiger partial charge < -0.3 is 9.84 Å².